The van der Waals surface area contributed by atoms with Crippen molar-refractivity contribution in [1.29, 1.82) is 0 Å². The SMILES string of the molecule is C=C(C)C=C1CCC(C)C1. The van der Waals surface area contributed by atoms with Crippen LogP contribution >= 0.6 is 0 Å². The summed E-state index contributed by atoms with van der Waals surface area (Å²) in [6, 6.07) is 0. The molecule has 1 unspecified atom stereocenters. The van der Waals surface area contributed by atoms with Crippen LogP contribution in [0.3, 0.4) is 0 Å². The molecule has 0 amide bonds. The molecule has 0 heteroatoms. The zero-order chi connectivity index (χ0) is 7.56. The van der Waals surface area contributed by atoms with Crippen molar-refractivity contribution in [2.24, 2.45) is 5.92 Å². The Morgan fingerprint density at radius 1 is 1.70 bits per heavy atom. The molecule has 1 atom stereocenters. The van der Waals surface area contributed by atoms with Crippen LogP contribution in [0.5, 0.6) is 0 Å². The quantitative estimate of drug-likeness (QED) is 0.518. The van der Waals surface area contributed by atoms with Gasteiger partial charge in [0.2, 0.25) is 0 Å². The average molecular weight is 136 g/mol. The lowest BCUT2D eigenvalue weighted by molar-refractivity contribution is 0.620. The van der Waals surface area contributed by atoms with Gasteiger partial charge in [0, 0.05) is 0 Å². The third kappa shape index (κ3) is 2.02. The van der Waals surface area contributed by atoms with Gasteiger partial charge in [-0.1, -0.05) is 30.7 Å². The van der Waals surface area contributed by atoms with Crippen molar-refractivity contribution in [3.8, 4) is 0 Å². The molecule has 0 aromatic carbocycles. The van der Waals surface area contributed by atoms with E-state index >= 15 is 0 Å². The minimum absolute atomic E-state index is 0.908. The molecule has 0 aromatic heterocycles. The molecule has 1 aliphatic rings. The summed E-state index contributed by atoms with van der Waals surface area (Å²) in [5.74, 6) is 0.908. The Bertz CT molecular complexity index is 163. The fourth-order valence-electron chi connectivity index (χ4n) is 1.56. The first-order chi connectivity index (χ1) is 4.68. The molecule has 1 aliphatic carbocycles. The maximum absolute atomic E-state index is 3.87. The molecule has 0 spiro atoms. The minimum Gasteiger partial charge on any atom is -0.0961 e. The molecule has 10 heavy (non-hydrogen) atoms. The van der Waals surface area contributed by atoms with Crippen LogP contribution in [0.15, 0.2) is 23.8 Å². The summed E-state index contributed by atoms with van der Waals surface area (Å²) < 4.78 is 0. The monoisotopic (exact) mass is 136 g/mol. The van der Waals surface area contributed by atoms with Crippen molar-refractivity contribution in [2.45, 2.75) is 33.1 Å². The molecule has 0 N–H and O–H groups in total. The van der Waals surface area contributed by atoms with Gasteiger partial charge in [0.05, 0.1) is 0 Å². The van der Waals surface area contributed by atoms with Gasteiger partial charge in [-0.15, -0.1) is 0 Å². The Kier molecular flexibility index (Phi) is 2.31. The fraction of sp³-hybridized carbons (Fsp3) is 0.600. The van der Waals surface area contributed by atoms with Gasteiger partial charge < -0.3 is 0 Å². The molecule has 0 aromatic rings. The maximum Gasteiger partial charge on any atom is -0.0291 e. The van der Waals surface area contributed by atoms with Crippen LogP contribution in [-0.2, 0) is 0 Å². The van der Waals surface area contributed by atoms with Gasteiger partial charge in [0.1, 0.15) is 0 Å². The van der Waals surface area contributed by atoms with Crippen LogP contribution in [0.4, 0.5) is 0 Å². The van der Waals surface area contributed by atoms with Crippen molar-refractivity contribution >= 4 is 0 Å². The van der Waals surface area contributed by atoms with Crippen LogP contribution in [0.1, 0.15) is 33.1 Å². The lowest BCUT2D eigenvalue weighted by Crippen LogP contribution is -1.80. The lowest BCUT2D eigenvalue weighted by atomic mass is 10.1. The second-order valence-electron chi connectivity index (χ2n) is 3.50. The molecule has 56 valence electrons. The summed E-state index contributed by atoms with van der Waals surface area (Å²) >= 11 is 0. The molecule has 1 rings (SSSR count). The van der Waals surface area contributed by atoms with Gasteiger partial charge in [-0.25, -0.2) is 0 Å². The van der Waals surface area contributed by atoms with E-state index in [4.69, 9.17) is 0 Å². The van der Waals surface area contributed by atoms with Crippen molar-refractivity contribution in [3.63, 3.8) is 0 Å². The standard InChI is InChI=1S/C10H16/c1-8(2)6-10-5-4-9(3)7-10/h6,9H,1,4-5,7H2,2-3H3. The molecular formula is C10H16. The van der Waals surface area contributed by atoms with Gasteiger partial charge in [-0.3, -0.25) is 0 Å². The highest BCUT2D eigenvalue weighted by Crippen LogP contribution is 2.29. The number of hydrogen-bond donors (Lipinski definition) is 0. The summed E-state index contributed by atoms with van der Waals surface area (Å²) in [5, 5.41) is 0. The Hall–Kier alpha value is -0.520. The topological polar surface area (TPSA) is 0 Å². The molecule has 0 aliphatic heterocycles. The minimum atomic E-state index is 0.908. The first-order valence-corrected chi connectivity index (χ1v) is 4.03. The molecule has 0 radical (unpaired) electrons. The predicted octanol–water partition coefficient (Wildman–Crippen LogP) is 3.31. The Morgan fingerprint density at radius 3 is 2.80 bits per heavy atom. The van der Waals surface area contributed by atoms with Gasteiger partial charge >= 0.3 is 0 Å². The van der Waals surface area contributed by atoms with E-state index in [0.29, 0.717) is 0 Å². The third-order valence-electron chi connectivity index (χ3n) is 2.02. The van der Waals surface area contributed by atoms with Crippen LogP contribution in [-0.4, -0.2) is 0 Å². The fourth-order valence-corrected chi connectivity index (χ4v) is 1.56. The molecule has 0 bridgehead atoms. The predicted molar refractivity (Wildman–Crippen MR) is 45.9 cm³/mol. The normalized spacial score (nSPS) is 29.4. The van der Waals surface area contributed by atoms with Crippen LogP contribution in [0, 0.1) is 5.92 Å². The summed E-state index contributed by atoms with van der Waals surface area (Å²) in [7, 11) is 0. The van der Waals surface area contributed by atoms with Crippen molar-refractivity contribution in [2.75, 3.05) is 0 Å². The first kappa shape index (κ1) is 7.59. The zero-order valence-electron chi connectivity index (χ0n) is 6.98. The average Bonchev–Trinajstić information content (AvgIpc) is 2.13. The second-order valence-corrected chi connectivity index (χ2v) is 3.50. The highest BCUT2D eigenvalue weighted by atomic mass is 14.2. The van der Waals surface area contributed by atoms with E-state index in [2.05, 4.69) is 26.5 Å². The maximum atomic E-state index is 3.87. The van der Waals surface area contributed by atoms with Crippen LogP contribution in [0.25, 0.3) is 0 Å². The molecule has 1 fully saturated rings. The van der Waals surface area contributed by atoms with E-state index in [0.717, 1.165) is 5.92 Å². The van der Waals surface area contributed by atoms with Crippen LogP contribution < -0.4 is 0 Å². The smallest absolute Gasteiger partial charge is 0.0291 e. The van der Waals surface area contributed by atoms with E-state index in [1.165, 1.54) is 24.8 Å². The van der Waals surface area contributed by atoms with E-state index in [1.54, 1.807) is 5.57 Å². The Labute approximate surface area is 63.6 Å². The summed E-state index contributed by atoms with van der Waals surface area (Å²) in [5.41, 5.74) is 2.80. The van der Waals surface area contributed by atoms with Gasteiger partial charge in [-0.05, 0) is 32.1 Å². The summed E-state index contributed by atoms with van der Waals surface area (Å²) in [6.07, 6.45) is 6.21. The van der Waals surface area contributed by atoms with E-state index in [1.807, 2.05) is 0 Å². The Balaban J connectivity index is 2.51. The molecule has 0 saturated heterocycles. The van der Waals surface area contributed by atoms with Crippen molar-refractivity contribution in [1.82, 2.24) is 0 Å². The Morgan fingerprint density at radius 2 is 2.40 bits per heavy atom. The van der Waals surface area contributed by atoms with Gasteiger partial charge in [-0.2, -0.15) is 0 Å². The highest BCUT2D eigenvalue weighted by molar-refractivity contribution is 5.20. The highest BCUT2D eigenvalue weighted by Gasteiger charge is 2.13. The summed E-state index contributed by atoms with van der Waals surface area (Å²) in [4.78, 5) is 0. The molecule has 0 heterocycles. The summed E-state index contributed by atoms with van der Waals surface area (Å²) in [6.45, 7) is 8.25. The number of rotatable bonds is 1. The molecule has 1 saturated carbocycles. The van der Waals surface area contributed by atoms with Crippen molar-refractivity contribution < 1.29 is 0 Å². The molecular weight excluding hydrogens is 120 g/mol. The largest absolute Gasteiger partial charge is 0.0961 e. The van der Waals surface area contributed by atoms with Gasteiger partial charge in [0.25, 0.3) is 0 Å². The molecule has 0 nitrogen and oxygen atoms in total. The van der Waals surface area contributed by atoms with Gasteiger partial charge in [0.15, 0.2) is 0 Å². The number of allylic oxidation sites excluding steroid dienone is 3. The second kappa shape index (κ2) is 3.05. The van der Waals surface area contributed by atoms with E-state index in [-0.39, 0.29) is 0 Å². The lowest BCUT2D eigenvalue weighted by Gasteiger charge is -1.95. The van der Waals surface area contributed by atoms with E-state index < -0.39 is 0 Å². The third-order valence-corrected chi connectivity index (χ3v) is 2.02. The first-order valence-electron chi connectivity index (χ1n) is 4.03. The number of hydrogen-bond acceptors (Lipinski definition) is 0. The van der Waals surface area contributed by atoms with Crippen molar-refractivity contribution in [3.05, 3.63) is 23.8 Å². The zero-order valence-corrected chi connectivity index (χ0v) is 6.98. The van der Waals surface area contributed by atoms with Crippen LogP contribution in [0.2, 0.25) is 0 Å². The van der Waals surface area contributed by atoms with E-state index in [9.17, 15) is 0 Å².